The van der Waals surface area contributed by atoms with Crippen LogP contribution in [-0.2, 0) is 0 Å². The molecule has 2 heterocycles. The van der Waals surface area contributed by atoms with Gasteiger partial charge in [-0.3, -0.25) is 0 Å². The summed E-state index contributed by atoms with van der Waals surface area (Å²) in [4.78, 5) is 0. The van der Waals surface area contributed by atoms with E-state index in [9.17, 15) is 0 Å². The fourth-order valence-electron chi connectivity index (χ4n) is 2.06. The predicted molar refractivity (Wildman–Crippen MR) is 81.3 cm³/mol. The first-order valence-electron chi connectivity index (χ1n) is 5.89. The van der Waals surface area contributed by atoms with Crippen molar-refractivity contribution in [1.82, 2.24) is 0 Å². The van der Waals surface area contributed by atoms with Gasteiger partial charge < -0.3 is 18.9 Å². The summed E-state index contributed by atoms with van der Waals surface area (Å²) in [6.07, 6.45) is 0. The Hall–Kier alpha value is -1.87. The minimum Gasteiger partial charge on any atom is -0.454 e. The van der Waals surface area contributed by atoms with Gasteiger partial charge in [-0.2, -0.15) is 0 Å². The number of ether oxygens (including phenoxy) is 4. The van der Waals surface area contributed by atoms with Crippen molar-refractivity contribution in [1.29, 1.82) is 0 Å². The van der Waals surface area contributed by atoms with E-state index in [1.807, 2.05) is 12.1 Å². The highest BCUT2D eigenvalue weighted by molar-refractivity contribution is 7.94. The first-order valence-corrected chi connectivity index (χ1v) is 6.79. The monoisotopic (exact) mass is 287 g/mol. The van der Waals surface area contributed by atoms with E-state index in [0.29, 0.717) is 13.6 Å². The van der Waals surface area contributed by atoms with Gasteiger partial charge >= 0.3 is 0 Å². The Bertz CT molecular complexity index is 619. The molecular weight excluding hydrogens is 274 g/mol. The van der Waals surface area contributed by atoms with Gasteiger partial charge in [-0.1, -0.05) is 22.7 Å². The molecule has 0 amide bonds. The summed E-state index contributed by atoms with van der Waals surface area (Å²) in [6.45, 7) is 0.661. The molecule has 0 unspecified atom stereocenters. The third kappa shape index (κ3) is 1.90. The van der Waals surface area contributed by atoms with Crippen molar-refractivity contribution >= 4 is 26.0 Å². The number of hydrogen-bond acceptors (Lipinski definition) is 4. The van der Waals surface area contributed by atoms with Crippen molar-refractivity contribution in [3.63, 3.8) is 0 Å². The molecule has 0 spiro atoms. The zero-order valence-corrected chi connectivity index (χ0v) is 10.9. The van der Waals surface area contributed by atoms with Crippen LogP contribution in [0.15, 0.2) is 36.4 Å². The highest BCUT2D eigenvalue weighted by atomic mass is 31.1. The maximum atomic E-state index is 5.47. The topological polar surface area (TPSA) is 36.9 Å². The molecule has 4 nitrogen and oxygen atoms in total. The zero-order valence-electron chi connectivity index (χ0n) is 9.96. The summed E-state index contributed by atoms with van der Waals surface area (Å²) >= 11 is 0. The highest BCUT2D eigenvalue weighted by Gasteiger charge is 2.17. The average molecular weight is 287 g/mol. The Morgan fingerprint density at radius 1 is 0.700 bits per heavy atom. The molecule has 2 aromatic carbocycles. The van der Waals surface area contributed by atoms with Crippen LogP contribution in [0.5, 0.6) is 23.0 Å². The lowest BCUT2D eigenvalue weighted by atomic mass is 10.3. The Kier molecular flexibility index (Phi) is 2.74. The molecule has 2 aromatic rings. The predicted octanol–water partition coefficient (Wildman–Crippen LogP) is 0.857. The van der Waals surface area contributed by atoms with Gasteiger partial charge in [0.05, 0.1) is 0 Å². The van der Waals surface area contributed by atoms with Crippen LogP contribution in [0.2, 0.25) is 0 Å². The van der Waals surface area contributed by atoms with Gasteiger partial charge in [-0.25, -0.2) is 7.80 Å². The van der Waals surface area contributed by atoms with Crippen LogP contribution in [0.4, 0.5) is 0 Å². The van der Waals surface area contributed by atoms with E-state index in [4.69, 9.17) is 18.9 Å². The summed E-state index contributed by atoms with van der Waals surface area (Å²) < 4.78 is 21.7. The largest absolute Gasteiger partial charge is 0.454 e. The minimum atomic E-state index is -0.205. The number of rotatable bonds is 2. The lowest BCUT2D eigenvalue weighted by Crippen LogP contribution is -2.11. The van der Waals surface area contributed by atoms with Crippen LogP contribution in [0.3, 0.4) is 0 Å². The van der Waals surface area contributed by atoms with Gasteiger partial charge in [0.1, 0.15) is 0 Å². The zero-order chi connectivity index (χ0) is 13.5. The number of fused-ring (bicyclic) bond motifs is 2. The molecule has 0 saturated carbocycles. The van der Waals surface area contributed by atoms with E-state index in [1.54, 1.807) is 0 Å². The molecule has 0 fully saturated rings. The second-order valence-corrected chi connectivity index (χ2v) is 5.44. The summed E-state index contributed by atoms with van der Waals surface area (Å²) in [6, 6.07) is 12.6. The standard InChI is InChI=1S/C14H13BO4P/c15-20(9-1-3-11-13(5-9)18-7-16-11)10-2-4-12-14(6-10)19-8-17-12/h1-6H,7-8H2,15H3/q-1. The Morgan fingerprint density at radius 2 is 1.15 bits per heavy atom. The van der Waals surface area contributed by atoms with Crippen molar-refractivity contribution in [2.75, 3.05) is 13.6 Å². The molecular formula is C14H13BO4P-. The van der Waals surface area contributed by atoms with Gasteiger partial charge in [0.25, 0.3) is 0 Å². The molecule has 0 atom stereocenters. The Morgan fingerprint density at radius 3 is 1.65 bits per heavy atom. The van der Waals surface area contributed by atoms with Crippen molar-refractivity contribution in [2.45, 2.75) is 0 Å². The van der Waals surface area contributed by atoms with Crippen LogP contribution in [-0.4, -0.2) is 21.2 Å². The molecule has 4 rings (SSSR count). The van der Waals surface area contributed by atoms with Crippen molar-refractivity contribution in [3.05, 3.63) is 36.4 Å². The van der Waals surface area contributed by atoms with Crippen molar-refractivity contribution in [2.24, 2.45) is 0 Å². The maximum absolute atomic E-state index is 5.47. The fraction of sp³-hybridized carbons (Fsp3) is 0.143. The number of benzene rings is 2. The average Bonchev–Trinajstić information content (AvgIpc) is 3.13. The quantitative estimate of drug-likeness (QED) is 0.606. The van der Waals surface area contributed by atoms with E-state index >= 15 is 0 Å². The van der Waals surface area contributed by atoms with Crippen molar-refractivity contribution < 1.29 is 18.9 Å². The molecule has 0 saturated heterocycles. The molecule has 2 aliphatic rings. The lowest BCUT2D eigenvalue weighted by Gasteiger charge is -2.20. The fourth-order valence-corrected chi connectivity index (χ4v) is 3.02. The van der Waals surface area contributed by atoms with Crippen molar-refractivity contribution in [3.8, 4) is 23.0 Å². The molecule has 0 radical (unpaired) electrons. The van der Waals surface area contributed by atoms with Gasteiger partial charge in [0.15, 0.2) is 23.0 Å². The Labute approximate surface area is 118 Å². The number of hydrogen-bond donors (Lipinski definition) is 0. The van der Waals surface area contributed by atoms with E-state index < -0.39 is 0 Å². The van der Waals surface area contributed by atoms with E-state index in [1.165, 1.54) is 10.6 Å². The first kappa shape index (κ1) is 11.9. The highest BCUT2D eigenvalue weighted by Crippen LogP contribution is 2.38. The summed E-state index contributed by atoms with van der Waals surface area (Å²) in [5.41, 5.74) is 0. The molecule has 20 heavy (non-hydrogen) atoms. The van der Waals surface area contributed by atoms with Gasteiger partial charge in [0.2, 0.25) is 13.6 Å². The minimum absolute atomic E-state index is 0.152. The normalized spacial score (nSPS) is 14.9. The van der Waals surface area contributed by atoms with Gasteiger partial charge in [-0.15, -0.1) is 0 Å². The van der Waals surface area contributed by atoms with E-state index in [0.717, 1.165) is 23.0 Å². The molecule has 102 valence electrons. The van der Waals surface area contributed by atoms with Crippen LogP contribution in [0, 0.1) is 0 Å². The maximum Gasteiger partial charge on any atom is 0.231 e. The third-order valence-electron chi connectivity index (χ3n) is 2.97. The molecule has 6 heteroatoms. The van der Waals surface area contributed by atoms with Crippen LogP contribution >= 0.6 is 7.80 Å². The summed E-state index contributed by atoms with van der Waals surface area (Å²) in [5, 5.41) is 2.73. The van der Waals surface area contributed by atoms with Crippen LogP contribution < -0.4 is 29.6 Å². The summed E-state index contributed by atoms with van der Waals surface area (Å²) in [7, 11) is -0.0533. The molecule has 0 aromatic heterocycles. The first-order chi connectivity index (χ1) is 9.81. The van der Waals surface area contributed by atoms with Crippen LogP contribution in [0.25, 0.3) is 0 Å². The van der Waals surface area contributed by atoms with Gasteiger partial charge in [-0.05, 0) is 31.8 Å². The van der Waals surface area contributed by atoms with E-state index in [2.05, 4.69) is 24.3 Å². The third-order valence-corrected chi connectivity index (χ3v) is 4.04. The second kappa shape index (κ2) is 4.60. The van der Waals surface area contributed by atoms with E-state index in [-0.39, 0.29) is 15.4 Å². The lowest BCUT2D eigenvalue weighted by molar-refractivity contribution is 0.173. The van der Waals surface area contributed by atoms with Gasteiger partial charge in [0, 0.05) is 0 Å². The molecule has 0 aliphatic carbocycles. The second-order valence-electron chi connectivity index (χ2n) is 4.19. The molecule has 2 aliphatic heterocycles. The smallest absolute Gasteiger partial charge is 0.231 e. The summed E-state index contributed by atoms with van der Waals surface area (Å²) in [5.74, 6) is 3.44. The Balaban J connectivity index is 1.68. The SMILES string of the molecule is [BH3-]P(c1ccc2c(c1)OCO2)c1ccc2c(c1)OCO2. The molecule has 0 bridgehead atoms. The molecule has 0 N–H and O–H groups in total. The van der Waals surface area contributed by atoms with Crippen LogP contribution in [0.1, 0.15) is 0 Å².